The van der Waals surface area contributed by atoms with Crippen molar-refractivity contribution in [1.29, 1.82) is 0 Å². The number of methoxy groups -OCH3 is 1. The van der Waals surface area contributed by atoms with Gasteiger partial charge in [0.15, 0.2) is 8.32 Å². The summed E-state index contributed by atoms with van der Waals surface area (Å²) < 4.78 is 25.7. The summed E-state index contributed by atoms with van der Waals surface area (Å²) in [5, 5.41) is 3.04. The van der Waals surface area contributed by atoms with Crippen LogP contribution in [0.25, 0.3) is 0 Å². The molecule has 7 nitrogen and oxygen atoms in total. The van der Waals surface area contributed by atoms with Crippen molar-refractivity contribution in [2.45, 2.75) is 104 Å². The molecule has 0 aliphatic heterocycles. The van der Waals surface area contributed by atoms with Gasteiger partial charge in [0.2, 0.25) is 0 Å². The van der Waals surface area contributed by atoms with Crippen molar-refractivity contribution in [3.63, 3.8) is 0 Å². The number of alkyl carbamates (subject to hydrolysis) is 1. The predicted octanol–water partition coefficient (Wildman–Crippen LogP) is 9.12. The van der Waals surface area contributed by atoms with Crippen molar-refractivity contribution < 1.29 is 28.2 Å². The molecule has 0 unspecified atom stereocenters. The first-order valence-corrected chi connectivity index (χ1v) is 20.5. The van der Waals surface area contributed by atoms with Gasteiger partial charge >= 0.3 is 6.09 Å². The molecule has 254 valence electrons. The third-order valence-corrected chi connectivity index (χ3v) is 14.7. The normalized spacial score (nSPS) is 22.8. The molecule has 2 rings (SSSR count). The van der Waals surface area contributed by atoms with Gasteiger partial charge in [-0.25, -0.2) is 4.79 Å². The molecule has 45 heavy (non-hydrogen) atoms. The van der Waals surface area contributed by atoms with E-state index < -0.39 is 14.4 Å². The van der Waals surface area contributed by atoms with Crippen molar-refractivity contribution in [1.82, 2.24) is 5.32 Å². The molecule has 1 aliphatic carbocycles. The summed E-state index contributed by atoms with van der Waals surface area (Å²) in [5.41, 5.74) is 1.06. The van der Waals surface area contributed by atoms with Crippen LogP contribution in [-0.2, 0) is 25.3 Å². The van der Waals surface area contributed by atoms with Crippen molar-refractivity contribution >= 4 is 42.8 Å². The number of benzene rings is 1. The monoisotopic (exact) mass is 755 g/mol. The minimum Gasteiger partial charge on any atom is -0.497 e. The number of halogens is 1. The van der Waals surface area contributed by atoms with Crippen molar-refractivity contribution in [2.75, 3.05) is 20.3 Å². The van der Waals surface area contributed by atoms with Crippen LogP contribution in [0.5, 0.6) is 5.75 Å². The zero-order valence-electron chi connectivity index (χ0n) is 29.1. The number of ketones is 1. The van der Waals surface area contributed by atoms with Crippen molar-refractivity contribution in [3.05, 3.63) is 52.6 Å². The molecular formula is C36H58INO6Si. The molecular weight excluding hydrogens is 697 g/mol. The minimum absolute atomic E-state index is 0.0400. The Kier molecular flexibility index (Phi) is 16.3. The molecule has 1 aliphatic rings. The van der Waals surface area contributed by atoms with Crippen LogP contribution in [-0.4, -0.2) is 52.7 Å². The summed E-state index contributed by atoms with van der Waals surface area (Å²) in [4.78, 5) is 25.7. The van der Waals surface area contributed by atoms with E-state index in [-0.39, 0.29) is 53.3 Å². The average Bonchev–Trinajstić information content (AvgIpc) is 2.96. The third-order valence-electron chi connectivity index (χ3n) is 9.81. The Hall–Kier alpha value is -1.69. The first-order valence-electron chi connectivity index (χ1n) is 16.3. The summed E-state index contributed by atoms with van der Waals surface area (Å²) in [7, 11) is -0.376. The fourth-order valence-corrected chi connectivity index (χ4v) is 7.70. The highest BCUT2D eigenvalue weighted by Gasteiger charge is 2.45. The first-order chi connectivity index (χ1) is 21.1. The second kappa shape index (κ2) is 18.6. The van der Waals surface area contributed by atoms with Gasteiger partial charge in [-0.05, 0) is 88.4 Å². The van der Waals surface area contributed by atoms with Crippen LogP contribution in [0, 0.1) is 29.6 Å². The van der Waals surface area contributed by atoms with Crippen LogP contribution >= 0.6 is 22.6 Å². The highest BCUT2D eigenvalue weighted by molar-refractivity contribution is 14.1. The van der Waals surface area contributed by atoms with Crippen LogP contribution < -0.4 is 10.1 Å². The van der Waals surface area contributed by atoms with Gasteiger partial charge < -0.3 is 24.0 Å². The average molecular weight is 756 g/mol. The second-order valence-electron chi connectivity index (χ2n) is 14.4. The molecule has 1 aromatic rings. The standard InChI is InChI=1S/C36H58INO6Si/c1-11-18-42-35(40)38-23-29-22-32(34(21-25(29)2)44-45(9,10)36(5,6)7)26(3)19-30(39)20-27(4)33(16-17-37)43-24-28-12-14-31(41-8)15-13-28/h11-17,25-27,29,32-34H,1,18-24H2,2-10H3,(H,38,40)/b17-16+/t25-,26+,27+,29-,32+,33-,34+/m1/s1. The molecule has 1 N–H and O–H groups in total. The zero-order chi connectivity index (χ0) is 33.8. The maximum atomic E-state index is 13.6. The molecule has 9 heteroatoms. The van der Waals surface area contributed by atoms with Crippen molar-refractivity contribution in [2.24, 2.45) is 29.6 Å². The van der Waals surface area contributed by atoms with Crippen LogP contribution in [0.2, 0.25) is 18.1 Å². The lowest BCUT2D eigenvalue weighted by Gasteiger charge is -2.48. The molecule has 7 atom stereocenters. The summed E-state index contributed by atoms with van der Waals surface area (Å²) in [6.45, 7) is 22.8. The molecule has 0 bridgehead atoms. The number of nitrogens with one attached hydrogen (secondary N) is 1. The van der Waals surface area contributed by atoms with Gasteiger partial charge in [0.25, 0.3) is 0 Å². The second-order valence-corrected chi connectivity index (χ2v) is 19.9. The Morgan fingerprint density at radius 2 is 1.80 bits per heavy atom. The van der Waals surface area contributed by atoms with E-state index in [0.29, 0.717) is 31.9 Å². The molecule has 1 fully saturated rings. The Bertz CT molecular complexity index is 1100. The molecule has 0 radical (unpaired) electrons. The fraction of sp³-hybridized carbons (Fsp3) is 0.667. The van der Waals surface area contributed by atoms with E-state index in [4.69, 9.17) is 18.6 Å². The zero-order valence-corrected chi connectivity index (χ0v) is 32.2. The predicted molar refractivity (Wildman–Crippen MR) is 194 cm³/mol. The maximum Gasteiger partial charge on any atom is 0.407 e. The third kappa shape index (κ3) is 12.8. The highest BCUT2D eigenvalue weighted by Crippen LogP contribution is 2.45. The molecule has 1 amide bonds. The summed E-state index contributed by atoms with van der Waals surface area (Å²) in [6, 6.07) is 7.86. The Morgan fingerprint density at radius 3 is 2.38 bits per heavy atom. The molecule has 0 spiro atoms. The molecule has 0 heterocycles. The highest BCUT2D eigenvalue weighted by atomic mass is 127. The smallest absolute Gasteiger partial charge is 0.407 e. The van der Waals surface area contributed by atoms with Crippen LogP contribution in [0.3, 0.4) is 0 Å². The van der Waals surface area contributed by atoms with Gasteiger partial charge in [-0.2, -0.15) is 0 Å². The van der Waals surface area contributed by atoms with Gasteiger partial charge in [-0.3, -0.25) is 4.79 Å². The lowest BCUT2D eigenvalue weighted by molar-refractivity contribution is -0.122. The van der Waals surface area contributed by atoms with Crippen LogP contribution in [0.15, 0.2) is 47.1 Å². The number of carbonyl (C=O) groups excluding carboxylic acids is 2. The van der Waals surface area contributed by atoms with Crippen LogP contribution in [0.1, 0.15) is 72.8 Å². The molecule has 1 aromatic carbocycles. The number of ether oxygens (including phenoxy) is 3. The quantitative estimate of drug-likeness (QED) is 0.0971. The van der Waals surface area contributed by atoms with Gasteiger partial charge in [0.05, 0.1) is 19.8 Å². The van der Waals surface area contributed by atoms with Crippen molar-refractivity contribution in [3.8, 4) is 5.75 Å². The summed E-state index contributed by atoms with van der Waals surface area (Å²) in [5.74, 6) is 2.14. The lowest BCUT2D eigenvalue weighted by Crippen LogP contribution is -2.50. The van der Waals surface area contributed by atoms with E-state index in [9.17, 15) is 9.59 Å². The van der Waals surface area contributed by atoms with E-state index >= 15 is 0 Å². The summed E-state index contributed by atoms with van der Waals surface area (Å²) >= 11 is 2.21. The lowest BCUT2D eigenvalue weighted by atomic mass is 9.68. The van der Waals surface area contributed by atoms with E-state index in [1.807, 2.05) is 34.4 Å². The van der Waals surface area contributed by atoms with Gasteiger partial charge in [0.1, 0.15) is 18.1 Å². The van der Waals surface area contributed by atoms with E-state index in [2.05, 4.69) is 89.1 Å². The SMILES string of the molecule is C=CCOC(=O)NC[C@H]1C[C@@H]([C@@H](C)CC(=O)C[C@H](C)[C@@H](/C=C/I)OCc2ccc(OC)cc2)[C@@H](O[Si](C)(C)C(C)(C)C)C[C@H]1C. The number of amides is 1. The Labute approximate surface area is 287 Å². The molecule has 0 saturated heterocycles. The summed E-state index contributed by atoms with van der Waals surface area (Å²) in [6.07, 6.45) is 5.89. The minimum atomic E-state index is -2.03. The Morgan fingerprint density at radius 1 is 1.13 bits per heavy atom. The fourth-order valence-electron chi connectivity index (χ4n) is 5.91. The van der Waals surface area contributed by atoms with Crippen LogP contribution in [0.4, 0.5) is 4.79 Å². The number of hydrogen-bond acceptors (Lipinski definition) is 6. The molecule has 1 saturated carbocycles. The topological polar surface area (TPSA) is 83.1 Å². The largest absolute Gasteiger partial charge is 0.497 e. The number of Topliss-reactive ketones (excluding diaryl/α,β-unsaturated/α-hetero) is 1. The number of carbonyl (C=O) groups is 2. The number of hydrogen-bond donors (Lipinski definition) is 1. The molecule has 0 aromatic heterocycles. The van der Waals surface area contributed by atoms with Gasteiger partial charge in [-0.15, -0.1) is 0 Å². The van der Waals surface area contributed by atoms with Gasteiger partial charge in [0, 0.05) is 25.5 Å². The van der Waals surface area contributed by atoms with E-state index in [0.717, 1.165) is 24.2 Å². The Balaban J connectivity index is 2.11. The van der Waals surface area contributed by atoms with Gasteiger partial charge in [-0.1, -0.05) is 88.9 Å². The maximum absolute atomic E-state index is 13.6. The van der Waals surface area contributed by atoms with E-state index in [1.54, 1.807) is 13.2 Å². The first kappa shape index (κ1) is 39.5. The number of rotatable bonds is 17. The van der Waals surface area contributed by atoms with E-state index in [1.165, 1.54) is 0 Å².